The third-order valence-corrected chi connectivity index (χ3v) is 3.33. The van der Waals surface area contributed by atoms with Gasteiger partial charge in [0.15, 0.2) is 0 Å². The summed E-state index contributed by atoms with van der Waals surface area (Å²) in [5.41, 5.74) is 4.31. The van der Waals surface area contributed by atoms with Crippen LogP contribution >= 0.6 is 0 Å². The lowest BCUT2D eigenvalue weighted by molar-refractivity contribution is 0.568. The number of nitrogens with one attached hydrogen (secondary N) is 1. The smallest absolute Gasteiger partial charge is 0.247 e. The quantitative estimate of drug-likeness (QED) is 0.779. The summed E-state index contributed by atoms with van der Waals surface area (Å²) in [4.78, 5) is 0. The fourth-order valence-electron chi connectivity index (χ4n) is 2.16. The minimum absolute atomic E-state index is 0.536. The predicted molar refractivity (Wildman–Crippen MR) is 79.7 cm³/mol. The van der Waals surface area contributed by atoms with Crippen molar-refractivity contribution in [2.45, 2.75) is 26.9 Å². The molecule has 108 valence electrons. The number of benzene rings is 1. The van der Waals surface area contributed by atoms with Crippen LogP contribution in [0.1, 0.15) is 18.1 Å². The summed E-state index contributed by atoms with van der Waals surface area (Å²) < 4.78 is 7.12. The van der Waals surface area contributed by atoms with Gasteiger partial charge in [-0.3, -0.25) is 4.68 Å². The molecule has 0 saturated heterocycles. The second kappa shape index (κ2) is 5.78. The van der Waals surface area contributed by atoms with E-state index in [0.717, 1.165) is 35.5 Å². The van der Waals surface area contributed by atoms with Gasteiger partial charge in [-0.05, 0) is 37.6 Å². The Morgan fingerprint density at radius 1 is 1.33 bits per heavy atom. The van der Waals surface area contributed by atoms with Crippen LogP contribution in [0.5, 0.6) is 0 Å². The minimum atomic E-state index is 0.536. The molecule has 2 aromatic heterocycles. The van der Waals surface area contributed by atoms with Crippen LogP contribution in [0.25, 0.3) is 11.5 Å². The van der Waals surface area contributed by atoms with Crippen LogP contribution in [-0.4, -0.2) is 20.0 Å². The van der Waals surface area contributed by atoms with Gasteiger partial charge >= 0.3 is 0 Å². The largest absolute Gasteiger partial charge is 0.423 e. The maximum Gasteiger partial charge on any atom is 0.247 e. The highest BCUT2D eigenvalue weighted by molar-refractivity contribution is 5.62. The van der Waals surface area contributed by atoms with E-state index in [1.165, 1.54) is 6.39 Å². The Hall–Kier alpha value is -2.63. The molecule has 1 N–H and O–H groups in total. The Bertz CT molecular complexity index is 718. The number of aryl methyl sites for hydroxylation is 2. The van der Waals surface area contributed by atoms with Crippen molar-refractivity contribution < 1.29 is 4.42 Å². The Morgan fingerprint density at radius 2 is 2.24 bits per heavy atom. The van der Waals surface area contributed by atoms with Crippen molar-refractivity contribution >= 4 is 5.69 Å². The second-order valence-electron chi connectivity index (χ2n) is 4.83. The zero-order valence-electron chi connectivity index (χ0n) is 12.1. The van der Waals surface area contributed by atoms with Crippen LogP contribution in [-0.2, 0) is 13.1 Å². The van der Waals surface area contributed by atoms with Crippen LogP contribution in [0.15, 0.2) is 41.4 Å². The standard InChI is InChI=1S/C15H17N5O/c1-3-20-9-12(8-18-20)7-16-14-5-4-13(6-11(14)2)15-19-17-10-21-15/h4-6,8-10,16H,3,7H2,1-2H3. The van der Waals surface area contributed by atoms with Gasteiger partial charge in [0.2, 0.25) is 12.3 Å². The molecule has 21 heavy (non-hydrogen) atoms. The number of nitrogens with zero attached hydrogens (tertiary/aromatic N) is 4. The topological polar surface area (TPSA) is 68.8 Å². The summed E-state index contributed by atoms with van der Waals surface area (Å²) >= 11 is 0. The highest BCUT2D eigenvalue weighted by Gasteiger charge is 2.06. The van der Waals surface area contributed by atoms with Gasteiger partial charge in [-0.15, -0.1) is 10.2 Å². The average molecular weight is 283 g/mol. The average Bonchev–Trinajstić information content (AvgIpc) is 3.17. The number of aromatic nitrogens is 4. The molecule has 3 rings (SSSR count). The first-order valence-corrected chi connectivity index (χ1v) is 6.88. The van der Waals surface area contributed by atoms with E-state index in [0.29, 0.717) is 5.89 Å². The van der Waals surface area contributed by atoms with Crippen LogP contribution in [0.4, 0.5) is 5.69 Å². The Balaban J connectivity index is 1.71. The molecule has 3 aromatic rings. The summed E-state index contributed by atoms with van der Waals surface area (Å²) in [5, 5.41) is 15.3. The van der Waals surface area contributed by atoms with Gasteiger partial charge in [-0.1, -0.05) is 0 Å². The van der Waals surface area contributed by atoms with Gasteiger partial charge < -0.3 is 9.73 Å². The van der Waals surface area contributed by atoms with Crippen LogP contribution < -0.4 is 5.32 Å². The summed E-state index contributed by atoms with van der Waals surface area (Å²) in [7, 11) is 0. The van der Waals surface area contributed by atoms with E-state index in [9.17, 15) is 0 Å². The molecule has 0 aliphatic rings. The van der Waals surface area contributed by atoms with Gasteiger partial charge in [0.1, 0.15) is 0 Å². The fourth-order valence-corrected chi connectivity index (χ4v) is 2.16. The van der Waals surface area contributed by atoms with Gasteiger partial charge in [-0.2, -0.15) is 5.10 Å². The summed E-state index contributed by atoms with van der Waals surface area (Å²) in [5.74, 6) is 0.536. The number of rotatable bonds is 5. The number of hydrogen-bond donors (Lipinski definition) is 1. The molecule has 6 nitrogen and oxygen atoms in total. The maximum atomic E-state index is 5.21. The molecule has 0 saturated carbocycles. The fraction of sp³-hybridized carbons (Fsp3) is 0.267. The van der Waals surface area contributed by atoms with Crippen LogP contribution in [0, 0.1) is 6.92 Å². The molecule has 2 heterocycles. The maximum absolute atomic E-state index is 5.21. The van der Waals surface area contributed by atoms with Gasteiger partial charge in [0, 0.05) is 36.1 Å². The van der Waals surface area contributed by atoms with E-state index >= 15 is 0 Å². The molecule has 0 bridgehead atoms. The summed E-state index contributed by atoms with van der Waals surface area (Å²) in [6.45, 7) is 5.76. The lowest BCUT2D eigenvalue weighted by Gasteiger charge is -2.09. The minimum Gasteiger partial charge on any atom is -0.423 e. The molecule has 0 unspecified atom stereocenters. The predicted octanol–water partition coefficient (Wildman–Crippen LogP) is 2.87. The molecular formula is C15H17N5O. The first kappa shape index (κ1) is 13.4. The molecule has 0 spiro atoms. The van der Waals surface area contributed by atoms with Crippen molar-refractivity contribution in [1.82, 2.24) is 20.0 Å². The molecule has 0 amide bonds. The van der Waals surface area contributed by atoms with Crippen molar-refractivity contribution in [3.8, 4) is 11.5 Å². The van der Waals surface area contributed by atoms with Gasteiger partial charge in [0.05, 0.1) is 6.20 Å². The summed E-state index contributed by atoms with van der Waals surface area (Å²) in [6.07, 6.45) is 5.27. The van der Waals surface area contributed by atoms with Crippen molar-refractivity contribution in [3.05, 3.63) is 48.1 Å². The molecule has 1 aromatic carbocycles. The second-order valence-corrected chi connectivity index (χ2v) is 4.83. The van der Waals surface area contributed by atoms with Crippen molar-refractivity contribution in [2.75, 3.05) is 5.32 Å². The molecule has 0 aliphatic heterocycles. The molecule has 0 fully saturated rings. The van der Waals surface area contributed by atoms with Gasteiger partial charge in [0.25, 0.3) is 0 Å². The first-order valence-electron chi connectivity index (χ1n) is 6.88. The highest BCUT2D eigenvalue weighted by Crippen LogP contribution is 2.23. The van der Waals surface area contributed by atoms with E-state index in [2.05, 4.69) is 40.7 Å². The van der Waals surface area contributed by atoms with Crippen LogP contribution in [0.2, 0.25) is 0 Å². The molecule has 0 atom stereocenters. The zero-order valence-corrected chi connectivity index (χ0v) is 12.1. The Labute approximate surface area is 122 Å². The van der Waals surface area contributed by atoms with E-state index < -0.39 is 0 Å². The van der Waals surface area contributed by atoms with Gasteiger partial charge in [-0.25, -0.2) is 0 Å². The van der Waals surface area contributed by atoms with E-state index in [1.807, 2.05) is 29.1 Å². The van der Waals surface area contributed by atoms with Crippen molar-refractivity contribution in [1.29, 1.82) is 0 Å². The highest BCUT2D eigenvalue weighted by atomic mass is 16.4. The lowest BCUT2D eigenvalue weighted by atomic mass is 10.1. The van der Waals surface area contributed by atoms with E-state index in [-0.39, 0.29) is 0 Å². The van der Waals surface area contributed by atoms with Crippen molar-refractivity contribution in [2.24, 2.45) is 0 Å². The van der Waals surface area contributed by atoms with Crippen molar-refractivity contribution in [3.63, 3.8) is 0 Å². The Morgan fingerprint density at radius 3 is 2.90 bits per heavy atom. The number of anilines is 1. The normalized spacial score (nSPS) is 10.8. The van der Waals surface area contributed by atoms with E-state index in [4.69, 9.17) is 4.42 Å². The lowest BCUT2D eigenvalue weighted by Crippen LogP contribution is -2.00. The third kappa shape index (κ3) is 2.94. The van der Waals surface area contributed by atoms with E-state index in [1.54, 1.807) is 0 Å². The van der Waals surface area contributed by atoms with Crippen LogP contribution in [0.3, 0.4) is 0 Å². The summed E-state index contributed by atoms with van der Waals surface area (Å²) in [6, 6.07) is 6.03. The monoisotopic (exact) mass is 283 g/mol. The Kier molecular flexibility index (Phi) is 3.68. The zero-order chi connectivity index (χ0) is 14.7. The molecule has 0 radical (unpaired) electrons. The molecule has 0 aliphatic carbocycles. The number of hydrogen-bond acceptors (Lipinski definition) is 5. The SMILES string of the molecule is CCn1cc(CNc2ccc(-c3nnco3)cc2C)cn1. The molecule has 6 heteroatoms. The molecular weight excluding hydrogens is 266 g/mol. The third-order valence-electron chi connectivity index (χ3n) is 3.33. The first-order chi connectivity index (χ1) is 10.3.